The zero-order chi connectivity index (χ0) is 15.7. The fourth-order valence-electron chi connectivity index (χ4n) is 2.59. The summed E-state index contributed by atoms with van der Waals surface area (Å²) in [5.74, 6) is 0.627. The largest absolute Gasteiger partial charge is 0.341 e. The van der Waals surface area contributed by atoms with Crippen LogP contribution in [-0.2, 0) is 16.8 Å². The van der Waals surface area contributed by atoms with Crippen molar-refractivity contribution in [3.05, 3.63) is 29.6 Å². The van der Waals surface area contributed by atoms with Gasteiger partial charge < -0.3 is 9.88 Å². The maximum atomic E-state index is 12.3. The molecule has 0 bridgehead atoms. The quantitative estimate of drug-likeness (QED) is 0.856. The van der Waals surface area contributed by atoms with E-state index < -0.39 is 10.2 Å². The molecule has 0 saturated carbocycles. The van der Waals surface area contributed by atoms with Crippen molar-refractivity contribution in [3.8, 4) is 0 Å². The third-order valence-electron chi connectivity index (χ3n) is 3.99. The van der Waals surface area contributed by atoms with E-state index in [4.69, 9.17) is 0 Å². The Morgan fingerprint density at radius 2 is 2.00 bits per heavy atom. The molecule has 0 unspecified atom stereocenters. The van der Waals surface area contributed by atoms with Crippen molar-refractivity contribution < 1.29 is 8.42 Å². The minimum Gasteiger partial charge on any atom is -0.341 e. The van der Waals surface area contributed by atoms with E-state index in [9.17, 15) is 8.42 Å². The molecule has 22 heavy (non-hydrogen) atoms. The predicted molar refractivity (Wildman–Crippen MR) is 85.7 cm³/mol. The van der Waals surface area contributed by atoms with E-state index in [0.717, 1.165) is 29.7 Å². The number of aryl methyl sites for hydroxylation is 1. The lowest BCUT2D eigenvalue weighted by Crippen LogP contribution is -2.50. The Kier molecular flexibility index (Phi) is 4.18. The van der Waals surface area contributed by atoms with Gasteiger partial charge in [0.05, 0.1) is 17.6 Å². The van der Waals surface area contributed by atoms with Crippen LogP contribution in [0.3, 0.4) is 0 Å². The molecule has 0 atom stereocenters. The van der Waals surface area contributed by atoms with Crippen LogP contribution < -0.4 is 4.72 Å². The first-order chi connectivity index (χ1) is 10.5. The summed E-state index contributed by atoms with van der Waals surface area (Å²) in [6.45, 7) is 4.70. The summed E-state index contributed by atoms with van der Waals surface area (Å²) in [4.78, 5) is 9.74. The van der Waals surface area contributed by atoms with E-state index in [2.05, 4.69) is 19.6 Å². The number of imidazole rings is 1. The highest BCUT2D eigenvalue weighted by molar-refractivity contribution is 7.87. The average molecular weight is 323 g/mol. The maximum Gasteiger partial charge on any atom is 0.279 e. The Bertz CT molecular complexity index is 763. The van der Waals surface area contributed by atoms with Gasteiger partial charge >= 0.3 is 0 Å². The first kappa shape index (κ1) is 15.4. The Morgan fingerprint density at radius 1 is 1.27 bits per heavy atom. The average Bonchev–Trinajstić information content (AvgIpc) is 2.90. The number of benzene rings is 1. The number of piperazine rings is 1. The normalized spacial score (nSPS) is 18.1. The monoisotopic (exact) mass is 323 g/mol. The van der Waals surface area contributed by atoms with Gasteiger partial charge in [-0.1, -0.05) is 12.1 Å². The number of hydrogen-bond acceptors (Lipinski definition) is 4. The van der Waals surface area contributed by atoms with E-state index in [1.54, 1.807) is 0 Å². The first-order valence-corrected chi connectivity index (χ1v) is 8.77. The van der Waals surface area contributed by atoms with E-state index in [1.807, 2.05) is 32.2 Å². The van der Waals surface area contributed by atoms with Gasteiger partial charge in [0.2, 0.25) is 0 Å². The zero-order valence-electron chi connectivity index (χ0n) is 12.8. The molecule has 2 heterocycles. The third kappa shape index (κ3) is 3.14. The minimum atomic E-state index is -3.46. The third-order valence-corrected chi connectivity index (χ3v) is 5.54. The number of aromatic amines is 1. The van der Waals surface area contributed by atoms with Crippen LogP contribution in [0.2, 0.25) is 0 Å². The highest BCUT2D eigenvalue weighted by Crippen LogP contribution is 2.15. The van der Waals surface area contributed by atoms with Gasteiger partial charge in [0.25, 0.3) is 10.2 Å². The minimum absolute atomic E-state index is 0.169. The van der Waals surface area contributed by atoms with Crippen LogP contribution in [0.1, 0.15) is 11.4 Å². The number of fused-ring (bicyclic) bond motifs is 1. The summed E-state index contributed by atoms with van der Waals surface area (Å²) in [6, 6.07) is 5.88. The molecular weight excluding hydrogens is 302 g/mol. The van der Waals surface area contributed by atoms with Crippen molar-refractivity contribution in [2.24, 2.45) is 0 Å². The molecule has 1 aromatic carbocycles. The van der Waals surface area contributed by atoms with Crippen LogP contribution >= 0.6 is 0 Å². The van der Waals surface area contributed by atoms with Gasteiger partial charge in [-0.3, -0.25) is 0 Å². The molecule has 1 saturated heterocycles. The fraction of sp³-hybridized carbons (Fsp3) is 0.500. The lowest BCUT2D eigenvalue weighted by Gasteiger charge is -2.31. The topological polar surface area (TPSA) is 81.3 Å². The van der Waals surface area contributed by atoms with Crippen molar-refractivity contribution in [1.82, 2.24) is 23.9 Å². The highest BCUT2D eigenvalue weighted by atomic mass is 32.2. The Balaban J connectivity index is 1.69. The SMILES string of the molecule is Cc1cccc2[nH]c(CNS(=O)(=O)N3CCN(C)CC3)nc12. The number of nitrogens with one attached hydrogen (secondary N) is 2. The maximum absolute atomic E-state index is 12.3. The smallest absolute Gasteiger partial charge is 0.279 e. The van der Waals surface area contributed by atoms with Crippen molar-refractivity contribution in [2.45, 2.75) is 13.5 Å². The molecule has 8 heteroatoms. The van der Waals surface area contributed by atoms with Crippen molar-refractivity contribution in [2.75, 3.05) is 33.2 Å². The van der Waals surface area contributed by atoms with E-state index in [1.165, 1.54) is 4.31 Å². The molecular formula is C14H21N5O2S. The van der Waals surface area contributed by atoms with Crippen LogP contribution in [0.15, 0.2) is 18.2 Å². The molecule has 0 spiro atoms. The molecule has 7 nitrogen and oxygen atoms in total. The van der Waals surface area contributed by atoms with Crippen LogP contribution in [-0.4, -0.2) is 60.8 Å². The van der Waals surface area contributed by atoms with Crippen molar-refractivity contribution in [1.29, 1.82) is 0 Å². The molecule has 1 aliphatic heterocycles. The van der Waals surface area contributed by atoms with Gasteiger partial charge in [-0.2, -0.15) is 17.4 Å². The number of aromatic nitrogens is 2. The molecule has 2 N–H and O–H groups in total. The summed E-state index contributed by atoms with van der Waals surface area (Å²) >= 11 is 0. The van der Waals surface area contributed by atoms with Crippen LogP contribution in [0.4, 0.5) is 0 Å². The van der Waals surface area contributed by atoms with E-state index in [-0.39, 0.29) is 6.54 Å². The second-order valence-electron chi connectivity index (χ2n) is 5.68. The standard InChI is InChI=1S/C14H21N5O2S/c1-11-4-3-5-12-14(11)17-13(16-12)10-15-22(20,21)19-8-6-18(2)7-9-19/h3-5,15H,6-10H2,1-2H3,(H,16,17). The number of rotatable bonds is 4. The summed E-state index contributed by atoms with van der Waals surface area (Å²) in [5.41, 5.74) is 2.88. The van der Waals surface area contributed by atoms with Crippen molar-refractivity contribution >= 4 is 21.2 Å². The molecule has 1 aromatic heterocycles. The van der Waals surface area contributed by atoms with Gasteiger partial charge in [-0.25, -0.2) is 4.98 Å². The number of hydrogen-bond donors (Lipinski definition) is 2. The second kappa shape index (κ2) is 5.96. The predicted octanol–water partition coefficient (Wildman–Crippen LogP) is 0.453. The van der Waals surface area contributed by atoms with Gasteiger partial charge in [-0.05, 0) is 25.6 Å². The molecule has 0 aliphatic carbocycles. The Hall–Kier alpha value is -1.48. The summed E-state index contributed by atoms with van der Waals surface area (Å²) in [6.07, 6.45) is 0. The van der Waals surface area contributed by atoms with Crippen LogP contribution in [0, 0.1) is 6.92 Å². The van der Waals surface area contributed by atoms with Gasteiger partial charge in [0.15, 0.2) is 0 Å². The Morgan fingerprint density at radius 3 is 2.68 bits per heavy atom. The first-order valence-electron chi connectivity index (χ1n) is 7.33. The zero-order valence-corrected chi connectivity index (χ0v) is 13.7. The highest BCUT2D eigenvalue weighted by Gasteiger charge is 2.25. The summed E-state index contributed by atoms with van der Waals surface area (Å²) in [5, 5.41) is 0. The molecule has 0 amide bonds. The number of para-hydroxylation sites is 1. The molecule has 1 fully saturated rings. The van der Waals surface area contributed by atoms with Gasteiger partial charge in [0.1, 0.15) is 5.82 Å². The van der Waals surface area contributed by atoms with Crippen LogP contribution in [0.5, 0.6) is 0 Å². The molecule has 0 radical (unpaired) electrons. The van der Waals surface area contributed by atoms with E-state index >= 15 is 0 Å². The number of H-pyrrole nitrogens is 1. The summed E-state index contributed by atoms with van der Waals surface area (Å²) < 4.78 is 28.7. The lowest BCUT2D eigenvalue weighted by atomic mass is 10.2. The lowest BCUT2D eigenvalue weighted by molar-refractivity contribution is 0.221. The van der Waals surface area contributed by atoms with Gasteiger partial charge in [0, 0.05) is 26.2 Å². The fourth-order valence-corrected chi connectivity index (χ4v) is 3.74. The molecule has 2 aromatic rings. The number of likely N-dealkylation sites (N-methyl/N-ethyl adjacent to an activating group) is 1. The van der Waals surface area contributed by atoms with E-state index in [0.29, 0.717) is 18.9 Å². The molecule has 120 valence electrons. The summed E-state index contributed by atoms with van der Waals surface area (Å²) in [7, 11) is -1.46. The molecule has 1 aliphatic rings. The second-order valence-corrected chi connectivity index (χ2v) is 7.44. The Labute approximate surface area is 130 Å². The van der Waals surface area contributed by atoms with Gasteiger partial charge in [-0.15, -0.1) is 0 Å². The van der Waals surface area contributed by atoms with Crippen molar-refractivity contribution in [3.63, 3.8) is 0 Å². The number of nitrogens with zero attached hydrogens (tertiary/aromatic N) is 3. The van der Waals surface area contributed by atoms with Crippen LogP contribution in [0.25, 0.3) is 11.0 Å². The molecule has 3 rings (SSSR count).